The highest BCUT2D eigenvalue weighted by atomic mass is 79.9. The normalized spacial score (nSPS) is 15.5. The molecule has 8 heteroatoms. The van der Waals surface area contributed by atoms with Crippen LogP contribution < -0.4 is 9.47 Å². The van der Waals surface area contributed by atoms with Gasteiger partial charge in [0.1, 0.15) is 6.61 Å². The molecule has 1 heterocycles. The molecule has 1 aromatic rings. The molecule has 0 saturated carbocycles. The fourth-order valence-corrected chi connectivity index (χ4v) is 3.55. The molecule has 0 atom stereocenters. The summed E-state index contributed by atoms with van der Waals surface area (Å²) in [5, 5.41) is -0.283. The van der Waals surface area contributed by atoms with Gasteiger partial charge in [-0.1, -0.05) is 21.9 Å². The van der Waals surface area contributed by atoms with Crippen LogP contribution in [0, 0.1) is 12.3 Å². The highest BCUT2D eigenvalue weighted by molar-refractivity contribution is 9.10. The molecule has 0 radical (unpaired) electrons. The number of halogens is 1. The van der Waals surface area contributed by atoms with Crippen molar-refractivity contribution >= 4 is 44.9 Å². The zero-order valence-corrected chi connectivity index (χ0v) is 16.8. The molecule has 26 heavy (non-hydrogen) atoms. The molecule has 0 aromatic heterocycles. The Hall–Kier alpha value is -1.95. The fourth-order valence-electron chi connectivity index (χ4n) is 2.25. The Morgan fingerprint density at radius 1 is 1.31 bits per heavy atom. The quantitative estimate of drug-likeness (QED) is 0.350. The molecule has 0 spiro atoms. The largest absolute Gasteiger partial charge is 0.493 e. The topological polar surface area (TPSA) is 65.1 Å². The van der Waals surface area contributed by atoms with E-state index >= 15 is 0 Å². The second-order valence-corrected chi connectivity index (χ2v) is 7.04. The van der Waals surface area contributed by atoms with E-state index in [1.54, 1.807) is 25.3 Å². The SMILES string of the molecule is C#CCOc1cc(Br)c(/C=C2/SC(=O)N(CCCOC)C2=O)cc1OC. The predicted octanol–water partition coefficient (Wildman–Crippen LogP) is 3.54. The Morgan fingerprint density at radius 2 is 2.08 bits per heavy atom. The molecule has 1 aromatic carbocycles. The van der Waals surface area contributed by atoms with Gasteiger partial charge in [-0.05, 0) is 42.0 Å². The van der Waals surface area contributed by atoms with Crippen molar-refractivity contribution in [3.05, 3.63) is 27.1 Å². The Labute approximate surface area is 165 Å². The number of methoxy groups -OCH3 is 2. The minimum atomic E-state index is -0.311. The first-order valence-corrected chi connectivity index (χ1v) is 9.30. The molecule has 6 nitrogen and oxygen atoms in total. The number of rotatable bonds is 8. The highest BCUT2D eigenvalue weighted by Crippen LogP contribution is 2.38. The Morgan fingerprint density at radius 3 is 2.73 bits per heavy atom. The number of hydrogen-bond donors (Lipinski definition) is 0. The molecule has 2 amide bonds. The van der Waals surface area contributed by atoms with Gasteiger partial charge < -0.3 is 14.2 Å². The number of benzene rings is 1. The molecular formula is C18H18BrNO5S. The number of carbonyl (C=O) groups is 2. The maximum Gasteiger partial charge on any atom is 0.293 e. The van der Waals surface area contributed by atoms with Crippen LogP contribution in [0.5, 0.6) is 11.5 Å². The monoisotopic (exact) mass is 439 g/mol. The summed E-state index contributed by atoms with van der Waals surface area (Å²) in [6, 6.07) is 3.43. The first kappa shape index (κ1) is 20.4. The Balaban J connectivity index is 2.25. The van der Waals surface area contributed by atoms with Gasteiger partial charge in [0.15, 0.2) is 11.5 Å². The number of carbonyl (C=O) groups excluding carboxylic acids is 2. The van der Waals surface area contributed by atoms with Gasteiger partial charge in [0.2, 0.25) is 0 Å². The summed E-state index contributed by atoms with van der Waals surface area (Å²) in [4.78, 5) is 26.1. The van der Waals surface area contributed by atoms with Crippen molar-refractivity contribution in [3.8, 4) is 23.8 Å². The average Bonchev–Trinajstić information content (AvgIpc) is 2.89. The number of hydrogen-bond acceptors (Lipinski definition) is 6. The number of terminal acetylenes is 1. The fraction of sp³-hybridized carbons (Fsp3) is 0.333. The summed E-state index contributed by atoms with van der Waals surface area (Å²) in [6.07, 6.45) is 7.46. The molecular weight excluding hydrogens is 422 g/mol. The minimum Gasteiger partial charge on any atom is -0.493 e. The van der Waals surface area contributed by atoms with E-state index in [9.17, 15) is 9.59 Å². The lowest BCUT2D eigenvalue weighted by Crippen LogP contribution is -2.29. The number of amides is 2. The lowest BCUT2D eigenvalue weighted by molar-refractivity contribution is -0.122. The van der Waals surface area contributed by atoms with Crippen LogP contribution in [0.2, 0.25) is 0 Å². The van der Waals surface area contributed by atoms with Crippen LogP contribution in [0.3, 0.4) is 0 Å². The van der Waals surface area contributed by atoms with E-state index in [4.69, 9.17) is 20.6 Å². The highest BCUT2D eigenvalue weighted by Gasteiger charge is 2.34. The Bertz CT molecular complexity index is 772. The van der Waals surface area contributed by atoms with E-state index in [2.05, 4.69) is 21.9 Å². The number of ether oxygens (including phenoxy) is 3. The van der Waals surface area contributed by atoms with Crippen LogP contribution in [0.15, 0.2) is 21.5 Å². The maximum absolute atomic E-state index is 12.5. The third-order valence-corrected chi connectivity index (χ3v) is 5.08. The zero-order chi connectivity index (χ0) is 19.1. The van der Waals surface area contributed by atoms with Gasteiger partial charge in [-0.15, -0.1) is 6.42 Å². The summed E-state index contributed by atoms with van der Waals surface area (Å²) in [5.41, 5.74) is 0.692. The van der Waals surface area contributed by atoms with Gasteiger partial charge in [-0.25, -0.2) is 0 Å². The second-order valence-electron chi connectivity index (χ2n) is 5.20. The van der Waals surface area contributed by atoms with E-state index in [1.807, 2.05) is 0 Å². The van der Waals surface area contributed by atoms with Crippen LogP contribution in [-0.4, -0.2) is 50.0 Å². The summed E-state index contributed by atoms with van der Waals surface area (Å²) >= 11 is 4.36. The lowest BCUT2D eigenvalue weighted by atomic mass is 10.2. The first-order chi connectivity index (χ1) is 12.5. The number of nitrogens with zero attached hydrogens (tertiary/aromatic N) is 1. The van der Waals surface area contributed by atoms with E-state index in [0.717, 1.165) is 11.8 Å². The molecule has 1 aliphatic heterocycles. The van der Waals surface area contributed by atoms with Crippen LogP contribution in [-0.2, 0) is 9.53 Å². The summed E-state index contributed by atoms with van der Waals surface area (Å²) in [7, 11) is 3.09. The Kier molecular flexibility index (Phi) is 7.57. The first-order valence-electron chi connectivity index (χ1n) is 7.70. The zero-order valence-electron chi connectivity index (χ0n) is 14.4. The third-order valence-electron chi connectivity index (χ3n) is 3.48. The van der Waals surface area contributed by atoms with Crippen LogP contribution in [0.1, 0.15) is 12.0 Å². The summed E-state index contributed by atoms with van der Waals surface area (Å²) in [6.45, 7) is 0.935. The van der Waals surface area contributed by atoms with Crippen LogP contribution in [0.4, 0.5) is 4.79 Å². The maximum atomic E-state index is 12.5. The molecule has 1 aliphatic rings. The van der Waals surface area contributed by atoms with E-state index < -0.39 is 0 Å². The van der Waals surface area contributed by atoms with E-state index in [0.29, 0.717) is 46.0 Å². The van der Waals surface area contributed by atoms with Gasteiger partial charge in [0.25, 0.3) is 11.1 Å². The van der Waals surface area contributed by atoms with Gasteiger partial charge in [-0.2, -0.15) is 0 Å². The lowest BCUT2D eigenvalue weighted by Gasteiger charge is -2.12. The van der Waals surface area contributed by atoms with Gasteiger partial charge in [0.05, 0.1) is 12.0 Å². The van der Waals surface area contributed by atoms with Crippen molar-refractivity contribution in [2.24, 2.45) is 0 Å². The van der Waals surface area contributed by atoms with Crippen molar-refractivity contribution in [1.29, 1.82) is 0 Å². The number of thioether (sulfide) groups is 1. The summed E-state index contributed by atoms with van der Waals surface area (Å²) in [5.74, 6) is 3.05. The van der Waals surface area contributed by atoms with Crippen molar-refractivity contribution in [3.63, 3.8) is 0 Å². The van der Waals surface area contributed by atoms with Crippen molar-refractivity contribution in [2.75, 3.05) is 34.0 Å². The molecule has 0 bridgehead atoms. The van der Waals surface area contributed by atoms with E-state index in [1.165, 1.54) is 12.0 Å². The smallest absolute Gasteiger partial charge is 0.293 e. The van der Waals surface area contributed by atoms with E-state index in [-0.39, 0.29) is 17.8 Å². The molecule has 1 saturated heterocycles. The van der Waals surface area contributed by atoms with Gasteiger partial charge in [-0.3, -0.25) is 14.5 Å². The van der Waals surface area contributed by atoms with Crippen LogP contribution in [0.25, 0.3) is 6.08 Å². The molecule has 138 valence electrons. The third kappa shape index (κ3) is 4.81. The number of imide groups is 1. The molecule has 0 unspecified atom stereocenters. The molecule has 0 N–H and O–H groups in total. The molecule has 0 aliphatic carbocycles. The molecule has 2 rings (SSSR count). The van der Waals surface area contributed by atoms with Crippen molar-refractivity contribution in [1.82, 2.24) is 4.90 Å². The molecule has 1 fully saturated rings. The van der Waals surface area contributed by atoms with Crippen molar-refractivity contribution in [2.45, 2.75) is 6.42 Å². The minimum absolute atomic E-state index is 0.114. The van der Waals surface area contributed by atoms with Crippen molar-refractivity contribution < 1.29 is 23.8 Å². The average molecular weight is 440 g/mol. The second kappa shape index (κ2) is 9.67. The van der Waals surface area contributed by atoms with Gasteiger partial charge >= 0.3 is 0 Å². The summed E-state index contributed by atoms with van der Waals surface area (Å²) < 4.78 is 16.4. The predicted molar refractivity (Wildman–Crippen MR) is 104 cm³/mol. The van der Waals surface area contributed by atoms with Gasteiger partial charge in [0, 0.05) is 24.7 Å². The van der Waals surface area contributed by atoms with Crippen LogP contribution >= 0.6 is 27.7 Å². The standard InChI is InChI=1S/C18H18BrNO5S/c1-4-7-25-15-11-13(19)12(9-14(15)24-3)10-16-17(21)20(18(22)26-16)6-5-8-23-2/h1,9-11H,5-8H2,2-3H3/b16-10+.